The second kappa shape index (κ2) is 8.29. The molecule has 1 aromatic heterocycles. The number of hydrogen-bond donors (Lipinski definition) is 0. The molecule has 4 heteroatoms. The number of rotatable bonds is 7. The summed E-state index contributed by atoms with van der Waals surface area (Å²) in [6.07, 6.45) is 5.02. The van der Waals surface area contributed by atoms with Crippen LogP contribution in [-0.2, 0) is 6.42 Å². The third kappa shape index (κ3) is 3.82. The number of ether oxygens (including phenoxy) is 1. The average molecular weight is 324 g/mol. The number of nitrogens with zero attached hydrogens (tertiary/aromatic N) is 2. The molecule has 0 fully saturated rings. The fourth-order valence-electron chi connectivity index (χ4n) is 2.83. The van der Waals surface area contributed by atoms with Crippen LogP contribution in [0.2, 0.25) is 0 Å². The molecule has 2 aromatic rings. The van der Waals surface area contributed by atoms with Crippen LogP contribution in [0.4, 0.5) is 0 Å². The highest BCUT2D eigenvalue weighted by Crippen LogP contribution is 2.25. The third-order valence-corrected chi connectivity index (χ3v) is 4.10. The van der Waals surface area contributed by atoms with Crippen LogP contribution >= 0.6 is 0 Å². The summed E-state index contributed by atoms with van der Waals surface area (Å²) < 4.78 is 5.35. The van der Waals surface area contributed by atoms with Gasteiger partial charge in [-0.25, -0.2) is 0 Å². The lowest BCUT2D eigenvalue weighted by Crippen LogP contribution is -2.31. The number of benzene rings is 1. The summed E-state index contributed by atoms with van der Waals surface area (Å²) in [6.45, 7) is 5.82. The van der Waals surface area contributed by atoms with Crippen molar-refractivity contribution in [3.05, 3.63) is 72.1 Å². The van der Waals surface area contributed by atoms with Gasteiger partial charge in [0.05, 0.1) is 18.8 Å². The van der Waals surface area contributed by atoms with Crippen molar-refractivity contribution in [1.29, 1.82) is 0 Å². The Hall–Kier alpha value is -2.62. The van der Waals surface area contributed by atoms with Crippen LogP contribution in [0, 0.1) is 0 Å². The smallest absolute Gasteiger partial charge is 0.254 e. The molecule has 0 aliphatic carbocycles. The van der Waals surface area contributed by atoms with Gasteiger partial charge in [0.1, 0.15) is 5.75 Å². The zero-order chi connectivity index (χ0) is 17.5. The van der Waals surface area contributed by atoms with E-state index in [0.717, 1.165) is 23.4 Å². The number of carbonyl (C=O) groups excluding carboxylic acids is 1. The van der Waals surface area contributed by atoms with Crippen molar-refractivity contribution in [3.63, 3.8) is 0 Å². The van der Waals surface area contributed by atoms with E-state index in [1.165, 1.54) is 0 Å². The molecule has 24 heavy (non-hydrogen) atoms. The fraction of sp³-hybridized carbons (Fsp3) is 0.300. The van der Waals surface area contributed by atoms with Gasteiger partial charge in [-0.05, 0) is 48.7 Å². The lowest BCUT2D eigenvalue weighted by atomic mass is 10.0. The molecular weight excluding hydrogens is 300 g/mol. The van der Waals surface area contributed by atoms with Gasteiger partial charge in [0.15, 0.2) is 0 Å². The lowest BCUT2D eigenvalue weighted by Gasteiger charge is -2.27. The fourth-order valence-corrected chi connectivity index (χ4v) is 2.83. The zero-order valence-corrected chi connectivity index (χ0v) is 14.5. The molecule has 4 nitrogen and oxygen atoms in total. The number of aromatic nitrogens is 1. The van der Waals surface area contributed by atoms with Gasteiger partial charge in [-0.1, -0.05) is 19.1 Å². The molecule has 1 heterocycles. The molecule has 1 atom stereocenters. The predicted molar refractivity (Wildman–Crippen MR) is 96.3 cm³/mol. The largest absolute Gasteiger partial charge is 0.496 e. The highest BCUT2D eigenvalue weighted by molar-refractivity contribution is 5.94. The number of methoxy groups -OCH3 is 1. The van der Waals surface area contributed by atoms with E-state index in [-0.39, 0.29) is 11.9 Å². The molecular formula is C20H24N2O2. The Morgan fingerprint density at radius 1 is 1.38 bits per heavy atom. The molecule has 126 valence electrons. The van der Waals surface area contributed by atoms with E-state index in [0.29, 0.717) is 12.0 Å². The van der Waals surface area contributed by atoms with Gasteiger partial charge in [-0.15, -0.1) is 6.58 Å². The van der Waals surface area contributed by atoms with Gasteiger partial charge < -0.3 is 9.64 Å². The van der Waals surface area contributed by atoms with Crippen LogP contribution in [0.25, 0.3) is 0 Å². The van der Waals surface area contributed by atoms with E-state index in [2.05, 4.69) is 18.5 Å². The first-order valence-electron chi connectivity index (χ1n) is 8.08. The Morgan fingerprint density at radius 2 is 2.17 bits per heavy atom. The zero-order valence-electron chi connectivity index (χ0n) is 14.5. The van der Waals surface area contributed by atoms with Gasteiger partial charge in [-0.3, -0.25) is 9.78 Å². The van der Waals surface area contributed by atoms with Gasteiger partial charge in [0.25, 0.3) is 5.91 Å². The quantitative estimate of drug-likeness (QED) is 0.722. The molecule has 0 saturated carbocycles. The minimum Gasteiger partial charge on any atom is -0.496 e. The SMILES string of the molecule is C=CCc1cc(C(=O)N(C)C(CC)c2ccccn2)ccc1OC. The minimum absolute atomic E-state index is 0.0273. The minimum atomic E-state index is -0.0522. The first-order chi connectivity index (χ1) is 11.6. The Kier molecular flexibility index (Phi) is 6.13. The number of hydrogen-bond acceptors (Lipinski definition) is 3. The summed E-state index contributed by atoms with van der Waals surface area (Å²) in [6, 6.07) is 11.2. The molecule has 0 radical (unpaired) electrons. The topological polar surface area (TPSA) is 42.4 Å². The van der Waals surface area contributed by atoms with E-state index < -0.39 is 0 Å². The molecule has 1 amide bonds. The Bertz CT molecular complexity index is 698. The maximum atomic E-state index is 12.9. The van der Waals surface area contributed by atoms with E-state index in [4.69, 9.17) is 4.74 Å². The van der Waals surface area contributed by atoms with Crippen LogP contribution < -0.4 is 4.74 Å². The van der Waals surface area contributed by atoms with Gasteiger partial charge in [-0.2, -0.15) is 0 Å². The standard InChI is InChI=1S/C20H24N2O2/c1-5-9-15-14-16(11-12-19(15)24-4)20(23)22(3)18(6-2)17-10-7-8-13-21-17/h5,7-8,10-14,18H,1,6,9H2,2-4H3. The highest BCUT2D eigenvalue weighted by atomic mass is 16.5. The van der Waals surface area contributed by atoms with Crippen molar-refractivity contribution >= 4 is 5.91 Å². The van der Waals surface area contributed by atoms with E-state index in [1.807, 2.05) is 37.4 Å². The Balaban J connectivity index is 2.29. The second-order valence-electron chi connectivity index (χ2n) is 5.61. The van der Waals surface area contributed by atoms with Crippen LogP contribution in [0.5, 0.6) is 5.75 Å². The van der Waals surface area contributed by atoms with E-state index >= 15 is 0 Å². The molecule has 0 aliphatic rings. The van der Waals surface area contributed by atoms with Crippen LogP contribution in [0.15, 0.2) is 55.3 Å². The maximum absolute atomic E-state index is 12.9. The summed E-state index contributed by atoms with van der Waals surface area (Å²) in [4.78, 5) is 19.1. The molecule has 1 unspecified atom stereocenters. The molecule has 0 N–H and O–H groups in total. The van der Waals surface area contributed by atoms with Crippen molar-refractivity contribution < 1.29 is 9.53 Å². The first-order valence-corrected chi connectivity index (χ1v) is 8.08. The molecule has 0 spiro atoms. The van der Waals surface area contributed by atoms with Crippen molar-refractivity contribution in [2.75, 3.05) is 14.2 Å². The summed E-state index contributed by atoms with van der Waals surface area (Å²) >= 11 is 0. The molecule has 0 saturated heterocycles. The molecule has 2 rings (SSSR count). The molecule has 0 bridgehead atoms. The summed E-state index contributed by atoms with van der Waals surface area (Å²) in [5.74, 6) is 0.742. The second-order valence-corrected chi connectivity index (χ2v) is 5.61. The van der Waals surface area contributed by atoms with E-state index in [1.54, 1.807) is 30.3 Å². The van der Waals surface area contributed by atoms with Gasteiger partial charge in [0, 0.05) is 18.8 Å². The van der Waals surface area contributed by atoms with Gasteiger partial charge >= 0.3 is 0 Å². The molecule has 1 aromatic carbocycles. The predicted octanol–water partition coefficient (Wildman–Crippen LogP) is 4.04. The Labute approximate surface area is 143 Å². The number of carbonyl (C=O) groups is 1. The molecule has 0 aliphatic heterocycles. The van der Waals surface area contributed by atoms with Crippen molar-refractivity contribution in [2.45, 2.75) is 25.8 Å². The van der Waals surface area contributed by atoms with Crippen LogP contribution in [0.1, 0.15) is 41.0 Å². The third-order valence-electron chi connectivity index (χ3n) is 4.10. The number of pyridine rings is 1. The normalized spacial score (nSPS) is 11.6. The van der Waals surface area contributed by atoms with Gasteiger partial charge in [0.2, 0.25) is 0 Å². The maximum Gasteiger partial charge on any atom is 0.254 e. The van der Waals surface area contributed by atoms with Crippen molar-refractivity contribution in [1.82, 2.24) is 9.88 Å². The highest BCUT2D eigenvalue weighted by Gasteiger charge is 2.22. The lowest BCUT2D eigenvalue weighted by molar-refractivity contribution is 0.0722. The van der Waals surface area contributed by atoms with Crippen LogP contribution in [-0.4, -0.2) is 29.9 Å². The van der Waals surface area contributed by atoms with Crippen molar-refractivity contribution in [2.24, 2.45) is 0 Å². The first kappa shape index (κ1) is 17.7. The van der Waals surface area contributed by atoms with Crippen molar-refractivity contribution in [3.8, 4) is 5.75 Å². The van der Waals surface area contributed by atoms with E-state index in [9.17, 15) is 4.79 Å². The number of amides is 1. The summed E-state index contributed by atoms with van der Waals surface area (Å²) in [5, 5.41) is 0. The summed E-state index contributed by atoms with van der Waals surface area (Å²) in [7, 11) is 3.45. The number of allylic oxidation sites excluding steroid dienone is 1. The Morgan fingerprint density at radius 3 is 2.75 bits per heavy atom. The summed E-state index contributed by atoms with van der Waals surface area (Å²) in [5.41, 5.74) is 2.50. The average Bonchev–Trinajstić information content (AvgIpc) is 2.62. The van der Waals surface area contributed by atoms with Crippen LogP contribution in [0.3, 0.4) is 0 Å². The monoisotopic (exact) mass is 324 g/mol.